The summed E-state index contributed by atoms with van der Waals surface area (Å²) in [6.45, 7) is 2.89. The first-order chi connectivity index (χ1) is 7.93. The molecule has 0 heterocycles. The van der Waals surface area contributed by atoms with Crippen LogP contribution < -0.4 is 5.32 Å². The van der Waals surface area contributed by atoms with Crippen LogP contribution in [0.3, 0.4) is 0 Å². The van der Waals surface area contributed by atoms with Gasteiger partial charge in [-0.1, -0.05) is 36.8 Å². The van der Waals surface area contributed by atoms with Gasteiger partial charge in [0.2, 0.25) is 0 Å². The molecule has 0 aliphatic carbocycles. The molecule has 0 bridgehead atoms. The third kappa shape index (κ3) is 6.59. The van der Waals surface area contributed by atoms with Crippen molar-refractivity contribution in [3.05, 3.63) is 35.9 Å². The molecule has 0 aliphatic heterocycles. The second kappa shape index (κ2) is 9.37. The zero-order valence-electron chi connectivity index (χ0n) is 10.2. The smallest absolute Gasteiger partial charge is 0.0587 e. The lowest BCUT2D eigenvalue weighted by molar-refractivity contribution is 0.199. The summed E-state index contributed by atoms with van der Waals surface area (Å²) in [5, 5.41) is 3.36. The predicted molar refractivity (Wildman–Crippen MR) is 68.7 cm³/mol. The van der Waals surface area contributed by atoms with E-state index in [4.69, 9.17) is 4.74 Å². The average Bonchev–Trinajstić information content (AvgIpc) is 2.34. The van der Waals surface area contributed by atoms with Crippen molar-refractivity contribution in [3.8, 4) is 0 Å². The van der Waals surface area contributed by atoms with Crippen molar-refractivity contribution in [2.75, 3.05) is 26.8 Å². The van der Waals surface area contributed by atoms with E-state index in [0.717, 1.165) is 19.7 Å². The highest BCUT2D eigenvalue weighted by Crippen LogP contribution is 2.05. The number of unbranched alkanes of at least 4 members (excludes halogenated alkanes) is 2. The number of nitrogens with one attached hydrogen (secondary N) is 1. The first-order valence-corrected chi connectivity index (χ1v) is 6.17. The van der Waals surface area contributed by atoms with Crippen molar-refractivity contribution in [2.24, 2.45) is 0 Å². The highest BCUT2D eigenvalue weighted by atomic mass is 16.5. The standard InChI is InChI=1S/C14H23NO/c1-16-13-12-15-11-7-3-6-10-14-8-4-2-5-9-14/h2,4-5,8-9,15H,3,6-7,10-13H2,1H3. The number of ether oxygens (including phenoxy) is 1. The van der Waals surface area contributed by atoms with E-state index in [1.54, 1.807) is 7.11 Å². The molecule has 0 atom stereocenters. The minimum atomic E-state index is 0.810. The van der Waals surface area contributed by atoms with E-state index in [9.17, 15) is 0 Å². The van der Waals surface area contributed by atoms with Crippen molar-refractivity contribution < 1.29 is 4.74 Å². The largest absolute Gasteiger partial charge is 0.383 e. The van der Waals surface area contributed by atoms with Crippen LogP contribution in [0.5, 0.6) is 0 Å². The topological polar surface area (TPSA) is 21.3 Å². The summed E-state index contributed by atoms with van der Waals surface area (Å²) in [5.74, 6) is 0. The molecule has 1 aromatic rings. The summed E-state index contributed by atoms with van der Waals surface area (Å²) in [6, 6.07) is 10.7. The molecule has 1 N–H and O–H groups in total. The molecule has 1 rings (SSSR count). The van der Waals surface area contributed by atoms with Gasteiger partial charge in [0.25, 0.3) is 0 Å². The summed E-state index contributed by atoms with van der Waals surface area (Å²) in [6.07, 6.45) is 5.06. The molecule has 0 amide bonds. The Kier molecular flexibility index (Phi) is 7.74. The third-order valence-electron chi connectivity index (χ3n) is 2.64. The summed E-state index contributed by atoms with van der Waals surface area (Å²) in [4.78, 5) is 0. The molecular weight excluding hydrogens is 198 g/mol. The van der Waals surface area contributed by atoms with Gasteiger partial charge in [0.1, 0.15) is 0 Å². The molecule has 2 nitrogen and oxygen atoms in total. The summed E-state index contributed by atoms with van der Waals surface area (Å²) in [7, 11) is 1.74. The zero-order valence-corrected chi connectivity index (χ0v) is 10.2. The van der Waals surface area contributed by atoms with Crippen molar-refractivity contribution in [1.82, 2.24) is 5.32 Å². The molecule has 2 heteroatoms. The Morgan fingerprint density at radius 2 is 1.81 bits per heavy atom. The fourth-order valence-corrected chi connectivity index (χ4v) is 1.70. The Hall–Kier alpha value is -0.860. The normalized spacial score (nSPS) is 10.6. The van der Waals surface area contributed by atoms with Gasteiger partial charge in [-0.05, 0) is 31.4 Å². The summed E-state index contributed by atoms with van der Waals surface area (Å²) >= 11 is 0. The van der Waals surface area contributed by atoms with E-state index in [0.29, 0.717) is 0 Å². The molecule has 0 fully saturated rings. The number of hydrogen-bond donors (Lipinski definition) is 1. The molecule has 0 saturated carbocycles. The Labute approximate surface area is 99.0 Å². The predicted octanol–water partition coefficient (Wildman–Crippen LogP) is 2.64. The van der Waals surface area contributed by atoms with Gasteiger partial charge in [-0.3, -0.25) is 0 Å². The number of aryl methyl sites for hydroxylation is 1. The van der Waals surface area contributed by atoms with Gasteiger partial charge >= 0.3 is 0 Å². The van der Waals surface area contributed by atoms with E-state index < -0.39 is 0 Å². The Morgan fingerprint density at radius 3 is 2.56 bits per heavy atom. The van der Waals surface area contributed by atoms with E-state index in [-0.39, 0.29) is 0 Å². The number of benzene rings is 1. The molecule has 0 radical (unpaired) electrons. The van der Waals surface area contributed by atoms with Gasteiger partial charge in [-0.15, -0.1) is 0 Å². The molecule has 0 saturated heterocycles. The number of methoxy groups -OCH3 is 1. The van der Waals surface area contributed by atoms with Crippen LogP contribution in [0.15, 0.2) is 30.3 Å². The van der Waals surface area contributed by atoms with E-state index in [1.165, 1.54) is 31.2 Å². The van der Waals surface area contributed by atoms with Gasteiger partial charge in [-0.2, -0.15) is 0 Å². The fraction of sp³-hybridized carbons (Fsp3) is 0.571. The first-order valence-electron chi connectivity index (χ1n) is 6.17. The molecule has 0 spiro atoms. The van der Waals surface area contributed by atoms with E-state index in [2.05, 4.69) is 35.6 Å². The van der Waals surface area contributed by atoms with Crippen LogP contribution in [-0.4, -0.2) is 26.8 Å². The molecule has 90 valence electrons. The Balaban J connectivity index is 1.89. The van der Waals surface area contributed by atoms with Crippen LogP contribution in [0.2, 0.25) is 0 Å². The minimum Gasteiger partial charge on any atom is -0.383 e. The van der Waals surface area contributed by atoms with Gasteiger partial charge < -0.3 is 10.1 Å². The Morgan fingerprint density at radius 1 is 1.00 bits per heavy atom. The maximum atomic E-state index is 4.96. The maximum absolute atomic E-state index is 4.96. The Bertz CT molecular complexity index is 248. The molecule has 0 aromatic heterocycles. The summed E-state index contributed by atoms with van der Waals surface area (Å²) in [5.41, 5.74) is 1.45. The van der Waals surface area contributed by atoms with Crippen LogP contribution in [-0.2, 0) is 11.2 Å². The van der Waals surface area contributed by atoms with E-state index >= 15 is 0 Å². The van der Waals surface area contributed by atoms with Gasteiger partial charge in [0.05, 0.1) is 6.61 Å². The second-order valence-electron chi connectivity index (χ2n) is 4.04. The SMILES string of the molecule is COCCNCCCCCc1ccccc1. The maximum Gasteiger partial charge on any atom is 0.0587 e. The molecule has 16 heavy (non-hydrogen) atoms. The average molecular weight is 221 g/mol. The van der Waals surface area contributed by atoms with Crippen molar-refractivity contribution >= 4 is 0 Å². The van der Waals surface area contributed by atoms with Crippen LogP contribution in [0, 0.1) is 0 Å². The van der Waals surface area contributed by atoms with Crippen LogP contribution >= 0.6 is 0 Å². The van der Waals surface area contributed by atoms with Crippen molar-refractivity contribution in [1.29, 1.82) is 0 Å². The molecule has 0 aliphatic rings. The molecular formula is C14H23NO. The second-order valence-corrected chi connectivity index (χ2v) is 4.04. The highest BCUT2D eigenvalue weighted by Gasteiger charge is 1.92. The summed E-state index contributed by atoms with van der Waals surface area (Å²) < 4.78 is 4.96. The van der Waals surface area contributed by atoms with Gasteiger partial charge in [0.15, 0.2) is 0 Å². The minimum absolute atomic E-state index is 0.810. The van der Waals surface area contributed by atoms with Crippen molar-refractivity contribution in [2.45, 2.75) is 25.7 Å². The fourth-order valence-electron chi connectivity index (χ4n) is 1.70. The van der Waals surface area contributed by atoms with Gasteiger partial charge in [0, 0.05) is 13.7 Å². The van der Waals surface area contributed by atoms with Crippen LogP contribution in [0.25, 0.3) is 0 Å². The van der Waals surface area contributed by atoms with E-state index in [1.807, 2.05) is 0 Å². The lowest BCUT2D eigenvalue weighted by Crippen LogP contribution is -2.20. The lowest BCUT2D eigenvalue weighted by Gasteiger charge is -2.04. The highest BCUT2D eigenvalue weighted by molar-refractivity contribution is 5.14. The zero-order chi connectivity index (χ0) is 11.5. The lowest BCUT2D eigenvalue weighted by atomic mass is 10.1. The number of rotatable bonds is 9. The first kappa shape index (κ1) is 13.2. The van der Waals surface area contributed by atoms with Crippen LogP contribution in [0.1, 0.15) is 24.8 Å². The van der Waals surface area contributed by atoms with Crippen LogP contribution in [0.4, 0.5) is 0 Å². The third-order valence-corrected chi connectivity index (χ3v) is 2.64. The number of hydrogen-bond acceptors (Lipinski definition) is 2. The quantitative estimate of drug-likeness (QED) is 0.647. The van der Waals surface area contributed by atoms with Crippen molar-refractivity contribution in [3.63, 3.8) is 0 Å². The monoisotopic (exact) mass is 221 g/mol. The van der Waals surface area contributed by atoms with Gasteiger partial charge in [-0.25, -0.2) is 0 Å². The molecule has 1 aromatic carbocycles. The molecule has 0 unspecified atom stereocenters.